The fourth-order valence-electron chi connectivity index (χ4n) is 2.43. The number of aromatic nitrogens is 1. The highest BCUT2D eigenvalue weighted by atomic mass is 35.5. The van der Waals surface area contributed by atoms with Gasteiger partial charge in [-0.05, 0) is 26.8 Å². The largest absolute Gasteiger partial charge is 0.346 e. The summed E-state index contributed by atoms with van der Waals surface area (Å²) < 4.78 is 29.1. The molecule has 0 bridgehead atoms. The molecule has 7 heteroatoms. The van der Waals surface area contributed by atoms with Gasteiger partial charge >= 0.3 is 0 Å². The van der Waals surface area contributed by atoms with Gasteiger partial charge in [0.1, 0.15) is 4.90 Å². The molecule has 1 fully saturated rings. The zero-order valence-corrected chi connectivity index (χ0v) is 14.4. The molecule has 20 heavy (non-hydrogen) atoms. The molecular formula is C13H21ClN2O2S2. The molecule has 1 atom stereocenters. The van der Waals surface area contributed by atoms with Crippen molar-refractivity contribution in [2.45, 2.75) is 43.6 Å². The Morgan fingerprint density at radius 2 is 2.20 bits per heavy atom. The van der Waals surface area contributed by atoms with Crippen LogP contribution in [-0.2, 0) is 15.9 Å². The molecule has 1 unspecified atom stereocenters. The van der Waals surface area contributed by atoms with E-state index in [1.54, 1.807) is 28.3 Å². The Hall–Kier alpha value is -0.170. The van der Waals surface area contributed by atoms with Gasteiger partial charge in [0.15, 0.2) is 0 Å². The summed E-state index contributed by atoms with van der Waals surface area (Å²) in [6.07, 6.45) is 1.71. The van der Waals surface area contributed by atoms with Crippen molar-refractivity contribution in [2.24, 2.45) is 0 Å². The molecule has 4 nitrogen and oxygen atoms in total. The monoisotopic (exact) mass is 336 g/mol. The van der Waals surface area contributed by atoms with Gasteiger partial charge in [0, 0.05) is 42.0 Å². The molecule has 0 amide bonds. The summed E-state index contributed by atoms with van der Waals surface area (Å²) >= 11 is 7.72. The molecule has 0 aliphatic carbocycles. The van der Waals surface area contributed by atoms with Crippen LogP contribution in [0.5, 0.6) is 0 Å². The van der Waals surface area contributed by atoms with E-state index >= 15 is 0 Å². The van der Waals surface area contributed by atoms with Crippen LogP contribution in [0.3, 0.4) is 0 Å². The van der Waals surface area contributed by atoms with E-state index < -0.39 is 10.0 Å². The Kier molecular flexibility index (Phi) is 5.10. The molecule has 0 radical (unpaired) electrons. The summed E-state index contributed by atoms with van der Waals surface area (Å²) in [5, 5.41) is 0. The third-order valence-electron chi connectivity index (χ3n) is 3.51. The van der Waals surface area contributed by atoms with Gasteiger partial charge < -0.3 is 4.57 Å². The van der Waals surface area contributed by atoms with E-state index in [0.29, 0.717) is 17.3 Å². The quantitative estimate of drug-likeness (QED) is 0.794. The second kappa shape index (κ2) is 6.30. The topological polar surface area (TPSA) is 42.3 Å². The van der Waals surface area contributed by atoms with E-state index in [-0.39, 0.29) is 12.1 Å². The van der Waals surface area contributed by atoms with Gasteiger partial charge in [0.05, 0.1) is 5.88 Å². The Balaban J connectivity index is 2.39. The Labute approximate surface area is 130 Å². The summed E-state index contributed by atoms with van der Waals surface area (Å²) in [4.78, 5) is 0.362. The molecular weight excluding hydrogens is 316 g/mol. The number of alkyl halides is 1. The lowest BCUT2D eigenvalue weighted by atomic mass is 10.4. The first kappa shape index (κ1) is 16.2. The smallest absolute Gasteiger partial charge is 0.244 e. The van der Waals surface area contributed by atoms with Crippen molar-refractivity contribution < 1.29 is 8.42 Å². The number of halogens is 1. The highest BCUT2D eigenvalue weighted by Gasteiger charge is 2.32. The molecule has 1 aromatic rings. The van der Waals surface area contributed by atoms with Gasteiger partial charge in [0.25, 0.3) is 0 Å². The van der Waals surface area contributed by atoms with Gasteiger partial charge in [0.2, 0.25) is 10.0 Å². The average molecular weight is 337 g/mol. The summed E-state index contributed by atoms with van der Waals surface area (Å²) in [7, 11) is -3.42. The normalized spacial score (nSPS) is 21.6. The second-order valence-corrected chi connectivity index (χ2v) is 8.65. The molecule has 1 aliphatic heterocycles. The SMILES string of the molecule is CC1CSCCN1S(=O)(=O)c1cc(CCl)n(C(C)C)c1. The van der Waals surface area contributed by atoms with E-state index in [1.807, 2.05) is 25.3 Å². The van der Waals surface area contributed by atoms with Crippen LogP contribution in [0.25, 0.3) is 0 Å². The van der Waals surface area contributed by atoms with Crippen LogP contribution in [0.2, 0.25) is 0 Å². The van der Waals surface area contributed by atoms with Crippen LogP contribution in [0.1, 0.15) is 32.5 Å². The van der Waals surface area contributed by atoms with Crippen molar-refractivity contribution in [3.8, 4) is 0 Å². The fraction of sp³-hybridized carbons (Fsp3) is 0.692. The van der Waals surface area contributed by atoms with Gasteiger partial charge in [-0.1, -0.05) is 0 Å². The molecule has 2 heterocycles. The molecule has 1 saturated heterocycles. The van der Waals surface area contributed by atoms with Crippen LogP contribution in [-0.4, -0.2) is 41.4 Å². The van der Waals surface area contributed by atoms with Gasteiger partial charge in [-0.2, -0.15) is 16.1 Å². The van der Waals surface area contributed by atoms with E-state index in [9.17, 15) is 8.42 Å². The first-order chi connectivity index (χ1) is 9.37. The fourth-order valence-corrected chi connectivity index (χ4v) is 5.55. The van der Waals surface area contributed by atoms with Crippen LogP contribution in [0, 0.1) is 0 Å². The third-order valence-corrected chi connectivity index (χ3v) is 6.96. The molecule has 0 aromatic carbocycles. The van der Waals surface area contributed by atoms with Gasteiger partial charge in [-0.3, -0.25) is 0 Å². The number of sulfonamides is 1. The van der Waals surface area contributed by atoms with Gasteiger partial charge in [-0.15, -0.1) is 11.6 Å². The van der Waals surface area contributed by atoms with Crippen LogP contribution in [0.4, 0.5) is 0 Å². The predicted molar refractivity (Wildman–Crippen MR) is 85.1 cm³/mol. The van der Waals surface area contributed by atoms with E-state index in [2.05, 4.69) is 0 Å². The van der Waals surface area contributed by atoms with E-state index in [1.165, 1.54) is 0 Å². The lowest BCUT2D eigenvalue weighted by molar-refractivity contribution is 0.367. The molecule has 1 aliphatic rings. The molecule has 0 saturated carbocycles. The Morgan fingerprint density at radius 3 is 2.70 bits per heavy atom. The molecule has 2 rings (SSSR count). The Bertz CT molecular complexity index is 569. The lowest BCUT2D eigenvalue weighted by Crippen LogP contribution is -2.44. The minimum Gasteiger partial charge on any atom is -0.346 e. The van der Waals surface area contributed by atoms with Gasteiger partial charge in [-0.25, -0.2) is 8.42 Å². The predicted octanol–water partition coefficient (Wildman–Crippen LogP) is 2.93. The number of hydrogen-bond donors (Lipinski definition) is 0. The standard InChI is InChI=1S/C13H21ClN2O2S2/c1-10(2)15-8-13(6-12(15)7-14)20(17,18)16-4-5-19-9-11(16)3/h6,8,10-11H,4-5,7,9H2,1-3H3. The maximum absolute atomic E-state index is 12.8. The summed E-state index contributed by atoms with van der Waals surface area (Å²) in [6, 6.07) is 1.94. The second-order valence-electron chi connectivity index (χ2n) is 5.34. The van der Waals surface area contributed by atoms with Crippen molar-refractivity contribution in [1.29, 1.82) is 0 Å². The highest BCUT2D eigenvalue weighted by molar-refractivity contribution is 7.99. The molecule has 1 aromatic heterocycles. The third kappa shape index (κ3) is 3.03. The lowest BCUT2D eigenvalue weighted by Gasteiger charge is -2.31. The van der Waals surface area contributed by atoms with Crippen LogP contribution < -0.4 is 0 Å². The number of rotatable bonds is 4. The average Bonchev–Trinajstić information content (AvgIpc) is 2.84. The summed E-state index contributed by atoms with van der Waals surface area (Å²) in [5.41, 5.74) is 0.847. The van der Waals surface area contributed by atoms with E-state index in [4.69, 9.17) is 11.6 Å². The molecule has 0 spiro atoms. The first-order valence-electron chi connectivity index (χ1n) is 6.74. The number of nitrogens with zero attached hydrogens (tertiary/aromatic N) is 2. The first-order valence-corrected chi connectivity index (χ1v) is 9.87. The summed E-state index contributed by atoms with van der Waals surface area (Å²) in [6.45, 7) is 6.59. The summed E-state index contributed by atoms with van der Waals surface area (Å²) in [5.74, 6) is 2.03. The zero-order valence-electron chi connectivity index (χ0n) is 12.0. The van der Waals surface area contributed by atoms with Crippen molar-refractivity contribution in [1.82, 2.24) is 8.87 Å². The Morgan fingerprint density at radius 1 is 1.50 bits per heavy atom. The molecule has 0 N–H and O–H groups in total. The zero-order chi connectivity index (χ0) is 14.9. The maximum atomic E-state index is 12.8. The highest BCUT2D eigenvalue weighted by Crippen LogP contribution is 2.27. The van der Waals surface area contributed by atoms with Crippen molar-refractivity contribution >= 4 is 33.4 Å². The maximum Gasteiger partial charge on any atom is 0.244 e. The minimum atomic E-state index is -3.42. The minimum absolute atomic E-state index is 0.0422. The van der Waals surface area contributed by atoms with Crippen molar-refractivity contribution in [2.75, 3.05) is 18.1 Å². The van der Waals surface area contributed by atoms with Crippen LogP contribution >= 0.6 is 23.4 Å². The number of hydrogen-bond acceptors (Lipinski definition) is 3. The van der Waals surface area contributed by atoms with Crippen molar-refractivity contribution in [3.05, 3.63) is 18.0 Å². The number of thioether (sulfide) groups is 1. The van der Waals surface area contributed by atoms with Crippen molar-refractivity contribution in [3.63, 3.8) is 0 Å². The molecule has 114 valence electrons. The van der Waals surface area contributed by atoms with E-state index in [0.717, 1.165) is 17.2 Å². The van der Waals surface area contributed by atoms with Crippen LogP contribution in [0.15, 0.2) is 17.2 Å².